The van der Waals surface area contributed by atoms with Crippen LogP contribution in [-0.2, 0) is 33.0 Å². The number of carbonyl (C=O) groups is 2. The number of ether oxygens (including phenoxy) is 1. The fourth-order valence-corrected chi connectivity index (χ4v) is 5.27. The van der Waals surface area contributed by atoms with Crippen LogP contribution in [0.3, 0.4) is 0 Å². The zero-order valence-corrected chi connectivity index (χ0v) is 17.2. The van der Waals surface area contributed by atoms with Gasteiger partial charge in [-0.2, -0.15) is 0 Å². The Morgan fingerprint density at radius 2 is 2.18 bits per heavy atom. The second kappa shape index (κ2) is 9.07. The van der Waals surface area contributed by atoms with Gasteiger partial charge in [-0.25, -0.2) is 4.98 Å². The minimum absolute atomic E-state index is 0.117. The number of hydrogen-bond donors (Lipinski definition) is 1. The van der Waals surface area contributed by atoms with Crippen LogP contribution in [0, 0.1) is 0 Å². The first kappa shape index (κ1) is 19.4. The predicted molar refractivity (Wildman–Crippen MR) is 111 cm³/mol. The van der Waals surface area contributed by atoms with Crippen molar-refractivity contribution >= 4 is 40.0 Å². The zero-order valence-electron chi connectivity index (χ0n) is 15.6. The van der Waals surface area contributed by atoms with E-state index in [1.807, 2.05) is 23.1 Å². The average Bonchev–Trinajstić information content (AvgIpc) is 3.37. The van der Waals surface area contributed by atoms with Crippen molar-refractivity contribution in [1.82, 2.24) is 9.88 Å². The van der Waals surface area contributed by atoms with E-state index in [0.29, 0.717) is 30.6 Å². The van der Waals surface area contributed by atoms with Gasteiger partial charge in [0, 0.05) is 30.2 Å². The van der Waals surface area contributed by atoms with Gasteiger partial charge in [-0.3, -0.25) is 14.9 Å². The number of anilines is 1. The first-order valence-corrected chi connectivity index (χ1v) is 11.5. The number of nitrogens with one attached hydrogen (secondary N) is 1. The third kappa shape index (κ3) is 4.74. The molecule has 0 aliphatic carbocycles. The minimum Gasteiger partial charge on any atom is -0.368 e. The quantitative estimate of drug-likeness (QED) is 0.782. The average molecular weight is 418 g/mol. The van der Waals surface area contributed by atoms with E-state index >= 15 is 0 Å². The van der Waals surface area contributed by atoms with Crippen molar-refractivity contribution in [3.63, 3.8) is 0 Å². The first-order valence-electron chi connectivity index (χ1n) is 9.49. The van der Waals surface area contributed by atoms with Crippen molar-refractivity contribution in [2.45, 2.75) is 37.7 Å². The van der Waals surface area contributed by atoms with Crippen LogP contribution in [0.25, 0.3) is 0 Å². The van der Waals surface area contributed by atoms with Crippen molar-refractivity contribution in [2.75, 3.05) is 24.2 Å². The molecular formula is C20H23N3O3S2. The van der Waals surface area contributed by atoms with E-state index in [4.69, 9.17) is 4.74 Å². The lowest BCUT2D eigenvalue weighted by molar-refractivity contribution is -0.129. The number of thioether (sulfide) groups is 1. The van der Waals surface area contributed by atoms with Crippen molar-refractivity contribution in [3.05, 3.63) is 46.5 Å². The molecule has 1 N–H and O–H groups in total. The molecule has 3 heterocycles. The smallest absolute Gasteiger partial charge is 0.255 e. The number of benzene rings is 1. The number of fused-ring (bicyclic) bond motifs is 1. The molecule has 1 unspecified atom stereocenters. The molecule has 0 saturated carbocycles. The van der Waals surface area contributed by atoms with E-state index in [2.05, 4.69) is 22.4 Å². The van der Waals surface area contributed by atoms with E-state index < -0.39 is 0 Å². The second-order valence-electron chi connectivity index (χ2n) is 6.92. The molecule has 0 bridgehead atoms. The molecule has 8 heteroatoms. The number of rotatable bonds is 6. The van der Waals surface area contributed by atoms with Gasteiger partial charge in [0.15, 0.2) is 5.13 Å². The van der Waals surface area contributed by atoms with Crippen LogP contribution in [0.4, 0.5) is 5.13 Å². The summed E-state index contributed by atoms with van der Waals surface area (Å²) in [4.78, 5) is 32.3. The van der Waals surface area contributed by atoms with Gasteiger partial charge in [0.2, 0.25) is 5.91 Å². The molecule has 2 amide bonds. The van der Waals surface area contributed by atoms with Crippen LogP contribution in [0.1, 0.15) is 29.0 Å². The van der Waals surface area contributed by atoms with Crippen molar-refractivity contribution in [1.29, 1.82) is 0 Å². The summed E-state index contributed by atoms with van der Waals surface area (Å²) in [6, 6.07) is 10.2. The SMILES string of the molecule is O=C(Nc1nc2c(s1)CN(C(=O)CSCc1ccccc1)CC2)C1CCCO1. The highest BCUT2D eigenvalue weighted by molar-refractivity contribution is 7.99. The Morgan fingerprint density at radius 1 is 1.32 bits per heavy atom. The molecule has 2 aromatic rings. The van der Waals surface area contributed by atoms with Crippen LogP contribution >= 0.6 is 23.1 Å². The summed E-state index contributed by atoms with van der Waals surface area (Å²) in [5.74, 6) is 1.36. The lowest BCUT2D eigenvalue weighted by Crippen LogP contribution is -2.36. The van der Waals surface area contributed by atoms with Gasteiger partial charge >= 0.3 is 0 Å². The lowest BCUT2D eigenvalue weighted by atomic mass is 10.2. The maximum atomic E-state index is 12.6. The Balaban J connectivity index is 1.28. The molecule has 0 spiro atoms. The third-order valence-electron chi connectivity index (χ3n) is 4.87. The van der Waals surface area contributed by atoms with Crippen LogP contribution in [-0.4, -0.2) is 46.7 Å². The molecule has 4 rings (SSSR count). The van der Waals surface area contributed by atoms with Gasteiger partial charge in [-0.1, -0.05) is 41.7 Å². The molecule has 0 radical (unpaired) electrons. The summed E-state index contributed by atoms with van der Waals surface area (Å²) < 4.78 is 5.42. The van der Waals surface area contributed by atoms with E-state index in [9.17, 15) is 9.59 Å². The molecule has 1 aromatic heterocycles. The third-order valence-corrected chi connectivity index (χ3v) is 6.86. The lowest BCUT2D eigenvalue weighted by Gasteiger charge is -2.26. The molecule has 1 saturated heterocycles. The molecule has 2 aliphatic heterocycles. The van der Waals surface area contributed by atoms with Crippen LogP contribution in [0.2, 0.25) is 0 Å². The van der Waals surface area contributed by atoms with E-state index in [0.717, 1.165) is 35.6 Å². The monoisotopic (exact) mass is 417 g/mol. The summed E-state index contributed by atoms with van der Waals surface area (Å²) in [6.07, 6.45) is 2.06. The fraction of sp³-hybridized carbons (Fsp3) is 0.450. The molecule has 28 heavy (non-hydrogen) atoms. The summed E-state index contributed by atoms with van der Waals surface area (Å²) in [6.45, 7) is 1.90. The molecule has 1 aromatic carbocycles. The highest BCUT2D eigenvalue weighted by atomic mass is 32.2. The molecular weight excluding hydrogens is 394 g/mol. The predicted octanol–water partition coefficient (Wildman–Crippen LogP) is 3.08. The summed E-state index contributed by atoms with van der Waals surface area (Å²) in [7, 11) is 0. The van der Waals surface area contributed by atoms with Crippen LogP contribution in [0.15, 0.2) is 30.3 Å². The van der Waals surface area contributed by atoms with Gasteiger partial charge in [0.05, 0.1) is 18.0 Å². The minimum atomic E-state index is -0.361. The molecule has 148 valence electrons. The number of hydrogen-bond acceptors (Lipinski definition) is 6. The van der Waals surface area contributed by atoms with E-state index in [-0.39, 0.29) is 17.9 Å². The summed E-state index contributed by atoms with van der Waals surface area (Å²) in [5, 5.41) is 3.48. The molecule has 6 nitrogen and oxygen atoms in total. The standard InChI is InChI=1S/C20H23N3O3S2/c24-18(13-27-12-14-5-2-1-3-6-14)23-9-8-15-17(11-23)28-20(21-15)22-19(25)16-7-4-10-26-16/h1-3,5-6,16H,4,7-13H2,(H,21,22,25). The van der Waals surface area contributed by atoms with Gasteiger partial charge in [0.1, 0.15) is 6.10 Å². The first-order chi connectivity index (χ1) is 13.7. The summed E-state index contributed by atoms with van der Waals surface area (Å²) >= 11 is 3.11. The number of thiazole rings is 1. The fourth-order valence-electron chi connectivity index (χ4n) is 3.35. The molecule has 2 aliphatic rings. The largest absolute Gasteiger partial charge is 0.368 e. The van der Waals surface area contributed by atoms with Crippen molar-refractivity contribution in [2.24, 2.45) is 0 Å². The maximum absolute atomic E-state index is 12.6. The van der Waals surface area contributed by atoms with Gasteiger partial charge in [0.25, 0.3) is 5.91 Å². The van der Waals surface area contributed by atoms with Crippen molar-refractivity contribution < 1.29 is 14.3 Å². The van der Waals surface area contributed by atoms with Crippen molar-refractivity contribution in [3.8, 4) is 0 Å². The van der Waals surface area contributed by atoms with Crippen LogP contribution in [0.5, 0.6) is 0 Å². The number of amides is 2. The number of nitrogens with zero attached hydrogens (tertiary/aromatic N) is 2. The van der Waals surface area contributed by atoms with Gasteiger partial charge in [-0.05, 0) is 18.4 Å². The van der Waals surface area contributed by atoms with Gasteiger partial charge in [-0.15, -0.1) is 11.8 Å². The van der Waals surface area contributed by atoms with E-state index in [1.165, 1.54) is 16.9 Å². The van der Waals surface area contributed by atoms with E-state index in [1.54, 1.807) is 11.8 Å². The highest BCUT2D eigenvalue weighted by Gasteiger charge is 2.27. The second-order valence-corrected chi connectivity index (χ2v) is 8.99. The molecule has 1 fully saturated rings. The zero-order chi connectivity index (χ0) is 19.3. The maximum Gasteiger partial charge on any atom is 0.255 e. The molecule has 1 atom stereocenters. The Bertz CT molecular complexity index is 834. The highest BCUT2D eigenvalue weighted by Crippen LogP contribution is 2.29. The Morgan fingerprint density at radius 3 is 2.96 bits per heavy atom. The number of carbonyl (C=O) groups excluding carboxylic acids is 2. The normalized spacial score (nSPS) is 18.7. The summed E-state index contributed by atoms with van der Waals surface area (Å²) in [5.41, 5.74) is 2.23. The topological polar surface area (TPSA) is 71.5 Å². The number of aromatic nitrogens is 1. The van der Waals surface area contributed by atoms with Gasteiger partial charge < -0.3 is 9.64 Å². The Labute approximate surface area is 172 Å². The Hall–Kier alpha value is -1.90. The Kier molecular flexibility index (Phi) is 6.29. The van der Waals surface area contributed by atoms with Crippen LogP contribution < -0.4 is 5.32 Å².